The van der Waals surface area contributed by atoms with Gasteiger partial charge >= 0.3 is 0 Å². The Balaban J connectivity index is 2.02. The molecule has 0 atom stereocenters. The molecule has 0 unspecified atom stereocenters. The Bertz CT molecular complexity index is 605. The first-order valence-electron chi connectivity index (χ1n) is 6.72. The lowest BCUT2D eigenvalue weighted by Crippen LogP contribution is -2.02. The van der Waals surface area contributed by atoms with Crippen molar-refractivity contribution >= 4 is 11.5 Å². The van der Waals surface area contributed by atoms with Crippen LogP contribution < -0.4 is 5.32 Å². The number of halogens is 1. The van der Waals surface area contributed by atoms with Crippen LogP contribution in [0.1, 0.15) is 34.8 Å². The number of aryl methyl sites for hydroxylation is 1. The van der Waals surface area contributed by atoms with Gasteiger partial charge < -0.3 is 5.32 Å². The molecule has 0 radical (unpaired) electrons. The average molecular weight is 271 g/mol. The molecule has 0 fully saturated rings. The van der Waals surface area contributed by atoms with Crippen molar-refractivity contribution in [3.63, 3.8) is 0 Å². The summed E-state index contributed by atoms with van der Waals surface area (Å²) >= 11 is 0. The van der Waals surface area contributed by atoms with Crippen LogP contribution in [0, 0.1) is 12.7 Å². The highest BCUT2D eigenvalue weighted by Gasteiger charge is 2.04. The Hall–Kier alpha value is -2.16. The van der Waals surface area contributed by atoms with Gasteiger partial charge in [0.15, 0.2) is 5.78 Å². The van der Waals surface area contributed by atoms with Crippen LogP contribution in [-0.4, -0.2) is 5.78 Å². The molecule has 0 spiro atoms. The highest BCUT2D eigenvalue weighted by atomic mass is 19.1. The Morgan fingerprint density at radius 2 is 1.85 bits per heavy atom. The average Bonchev–Trinajstić information content (AvgIpc) is 2.46. The maximum Gasteiger partial charge on any atom is 0.162 e. The van der Waals surface area contributed by atoms with Crippen molar-refractivity contribution in [3.8, 4) is 0 Å². The molecular weight excluding hydrogens is 253 g/mol. The van der Waals surface area contributed by atoms with Crippen molar-refractivity contribution in [2.45, 2.75) is 26.8 Å². The molecule has 0 aromatic heterocycles. The molecule has 20 heavy (non-hydrogen) atoms. The minimum absolute atomic E-state index is 0.133. The number of anilines is 1. The molecule has 2 aromatic rings. The van der Waals surface area contributed by atoms with E-state index in [0.29, 0.717) is 18.7 Å². The van der Waals surface area contributed by atoms with Gasteiger partial charge in [-0.1, -0.05) is 37.3 Å². The molecule has 0 aliphatic carbocycles. The van der Waals surface area contributed by atoms with Gasteiger partial charge in [-0.05, 0) is 30.2 Å². The first kappa shape index (κ1) is 14.3. The van der Waals surface area contributed by atoms with E-state index in [1.54, 1.807) is 6.07 Å². The summed E-state index contributed by atoms with van der Waals surface area (Å²) < 4.78 is 13.7. The monoisotopic (exact) mass is 271 g/mol. The number of carbonyl (C=O) groups is 1. The van der Waals surface area contributed by atoms with Crippen LogP contribution >= 0.6 is 0 Å². The van der Waals surface area contributed by atoms with Crippen molar-refractivity contribution in [2.24, 2.45) is 0 Å². The zero-order valence-electron chi connectivity index (χ0n) is 11.7. The first-order chi connectivity index (χ1) is 9.60. The van der Waals surface area contributed by atoms with Crippen LogP contribution in [0.4, 0.5) is 10.1 Å². The maximum absolute atomic E-state index is 13.7. The summed E-state index contributed by atoms with van der Waals surface area (Å²) in [4.78, 5) is 11.5. The minimum atomic E-state index is -0.247. The predicted octanol–water partition coefficient (Wildman–Crippen LogP) is 4.34. The second kappa shape index (κ2) is 6.33. The van der Waals surface area contributed by atoms with Crippen molar-refractivity contribution < 1.29 is 9.18 Å². The number of hydrogen-bond acceptors (Lipinski definition) is 2. The molecule has 0 heterocycles. The van der Waals surface area contributed by atoms with Gasteiger partial charge in [0.2, 0.25) is 0 Å². The van der Waals surface area contributed by atoms with E-state index in [0.717, 1.165) is 16.7 Å². The second-order valence-electron chi connectivity index (χ2n) is 4.81. The van der Waals surface area contributed by atoms with Gasteiger partial charge in [-0.15, -0.1) is 0 Å². The standard InChI is InChI=1S/C17H18FNO/c1-3-17(20)14-7-5-13(6-8-14)11-19-16-9-4-12(2)10-15(16)18/h4-10,19H,3,11H2,1-2H3. The largest absolute Gasteiger partial charge is 0.379 e. The minimum Gasteiger partial charge on any atom is -0.379 e. The van der Waals surface area contributed by atoms with Gasteiger partial charge in [0, 0.05) is 18.5 Å². The van der Waals surface area contributed by atoms with E-state index in [9.17, 15) is 9.18 Å². The topological polar surface area (TPSA) is 29.1 Å². The van der Waals surface area contributed by atoms with Crippen LogP contribution in [-0.2, 0) is 6.54 Å². The summed E-state index contributed by atoms with van der Waals surface area (Å²) in [6.45, 7) is 4.23. The SMILES string of the molecule is CCC(=O)c1ccc(CNc2ccc(C)cc2F)cc1. The summed E-state index contributed by atoms with van der Waals surface area (Å²) in [6, 6.07) is 12.5. The van der Waals surface area contributed by atoms with E-state index >= 15 is 0 Å². The van der Waals surface area contributed by atoms with Gasteiger partial charge in [-0.3, -0.25) is 4.79 Å². The number of benzene rings is 2. The molecule has 1 N–H and O–H groups in total. The second-order valence-corrected chi connectivity index (χ2v) is 4.81. The van der Waals surface area contributed by atoms with Crippen molar-refractivity contribution in [1.82, 2.24) is 0 Å². The molecule has 104 valence electrons. The van der Waals surface area contributed by atoms with Crippen LogP contribution in [0.3, 0.4) is 0 Å². The molecule has 0 saturated carbocycles. The summed E-state index contributed by atoms with van der Waals surface area (Å²) in [5.74, 6) is -0.114. The Morgan fingerprint density at radius 1 is 1.15 bits per heavy atom. The molecule has 0 bridgehead atoms. The van der Waals surface area contributed by atoms with E-state index < -0.39 is 0 Å². The third kappa shape index (κ3) is 3.44. The normalized spacial score (nSPS) is 10.3. The quantitative estimate of drug-likeness (QED) is 0.820. The van der Waals surface area contributed by atoms with Crippen molar-refractivity contribution in [3.05, 3.63) is 65.0 Å². The fourth-order valence-electron chi connectivity index (χ4n) is 1.97. The Kier molecular flexibility index (Phi) is 4.51. The molecule has 0 amide bonds. The zero-order valence-corrected chi connectivity index (χ0v) is 11.7. The van der Waals surface area contributed by atoms with Gasteiger partial charge in [-0.2, -0.15) is 0 Å². The van der Waals surface area contributed by atoms with Gasteiger partial charge in [-0.25, -0.2) is 4.39 Å². The molecule has 3 heteroatoms. The smallest absolute Gasteiger partial charge is 0.162 e. The number of Topliss-reactive ketones (excluding diaryl/α,β-unsaturated/α-hetero) is 1. The number of hydrogen-bond donors (Lipinski definition) is 1. The predicted molar refractivity (Wildman–Crippen MR) is 79.5 cm³/mol. The third-order valence-corrected chi connectivity index (χ3v) is 3.20. The maximum atomic E-state index is 13.7. The van der Waals surface area contributed by atoms with E-state index in [-0.39, 0.29) is 11.6 Å². The summed E-state index contributed by atoms with van der Waals surface area (Å²) in [5, 5.41) is 3.06. The van der Waals surface area contributed by atoms with Crippen molar-refractivity contribution in [2.75, 3.05) is 5.32 Å². The van der Waals surface area contributed by atoms with E-state index in [1.807, 2.05) is 44.2 Å². The number of ketones is 1. The molecule has 2 rings (SSSR count). The molecule has 2 nitrogen and oxygen atoms in total. The van der Waals surface area contributed by atoms with Gasteiger partial charge in [0.05, 0.1) is 5.69 Å². The van der Waals surface area contributed by atoms with Crippen LogP contribution in [0.15, 0.2) is 42.5 Å². The van der Waals surface area contributed by atoms with Crippen LogP contribution in [0.2, 0.25) is 0 Å². The summed E-state index contributed by atoms with van der Waals surface area (Å²) in [6.07, 6.45) is 0.506. The molecular formula is C17H18FNO. The Labute approximate surface area is 118 Å². The fraction of sp³-hybridized carbons (Fsp3) is 0.235. The molecule has 0 aliphatic rings. The molecule has 2 aromatic carbocycles. The summed E-state index contributed by atoms with van der Waals surface area (Å²) in [7, 11) is 0. The van der Waals surface area contributed by atoms with Gasteiger partial charge in [0.1, 0.15) is 5.82 Å². The molecule has 0 aliphatic heterocycles. The van der Waals surface area contributed by atoms with Gasteiger partial charge in [0.25, 0.3) is 0 Å². The highest BCUT2D eigenvalue weighted by molar-refractivity contribution is 5.95. The summed E-state index contributed by atoms with van der Waals surface area (Å²) in [5.41, 5.74) is 3.12. The van der Waals surface area contributed by atoms with Crippen molar-refractivity contribution in [1.29, 1.82) is 0 Å². The van der Waals surface area contributed by atoms with E-state index in [2.05, 4.69) is 5.32 Å². The number of rotatable bonds is 5. The lowest BCUT2D eigenvalue weighted by Gasteiger charge is -2.08. The van der Waals surface area contributed by atoms with Crippen LogP contribution in [0.25, 0.3) is 0 Å². The lowest BCUT2D eigenvalue weighted by molar-refractivity contribution is 0.0988. The number of nitrogens with one attached hydrogen (secondary N) is 1. The third-order valence-electron chi connectivity index (χ3n) is 3.20. The first-order valence-corrected chi connectivity index (χ1v) is 6.72. The molecule has 0 saturated heterocycles. The lowest BCUT2D eigenvalue weighted by atomic mass is 10.1. The highest BCUT2D eigenvalue weighted by Crippen LogP contribution is 2.16. The van der Waals surface area contributed by atoms with E-state index in [1.165, 1.54) is 6.07 Å². The zero-order chi connectivity index (χ0) is 14.5. The van der Waals surface area contributed by atoms with E-state index in [4.69, 9.17) is 0 Å². The fourth-order valence-corrected chi connectivity index (χ4v) is 1.97. The van der Waals surface area contributed by atoms with Crippen LogP contribution in [0.5, 0.6) is 0 Å². The Morgan fingerprint density at radius 3 is 2.45 bits per heavy atom. The number of carbonyl (C=O) groups excluding carboxylic acids is 1.